The Bertz CT molecular complexity index is 4160. The standard InChI is InChI=1S/C59H37N5S/c1-2-19-40(20-3-1)63-50-26-11-8-22-42(50)46-32-39(29-30-52(46)63)57-60-58(45-25-14-18-36-15-6-7-21-41(36)45)62-59(61-57)49-34-48-44-24-10-13-28-55(44)65-56(48)35-54(49)64-51-27-12-9-23-43(51)47-31-37-16-4-5-17-38(37)33-53(47)64/h1-35,58H,(H,60,61,62). The lowest BCUT2D eigenvalue weighted by molar-refractivity contribution is 0.679. The molecule has 0 amide bonds. The van der Waals surface area contributed by atoms with Crippen molar-refractivity contribution in [2.45, 2.75) is 6.17 Å². The normalized spacial score (nSPS) is 14.3. The Morgan fingerprint density at radius 2 is 1.05 bits per heavy atom. The molecule has 0 radical (unpaired) electrons. The van der Waals surface area contributed by atoms with Gasteiger partial charge in [0.1, 0.15) is 12.0 Å². The number of fused-ring (bicyclic) bond motifs is 11. The minimum atomic E-state index is -0.421. The van der Waals surface area contributed by atoms with E-state index >= 15 is 0 Å². The first-order chi connectivity index (χ1) is 32.2. The quantitative estimate of drug-likeness (QED) is 0.184. The molecule has 0 spiro atoms. The van der Waals surface area contributed by atoms with Crippen LogP contribution in [0.3, 0.4) is 0 Å². The summed E-state index contributed by atoms with van der Waals surface area (Å²) in [5.41, 5.74) is 9.87. The van der Waals surface area contributed by atoms with Crippen molar-refractivity contribution < 1.29 is 0 Å². The molecule has 1 aliphatic rings. The SMILES string of the molecule is c1ccc(-n2c3ccccc3c3cc(C4=NC(c5cccc6ccccc56)NC(c5cc6c(cc5-n5c7ccccc7c7cc8ccccc8cc75)sc5ccccc56)=N4)ccc32)cc1. The first-order valence-electron chi connectivity index (χ1n) is 22.1. The van der Waals surface area contributed by atoms with Crippen LogP contribution in [0.4, 0.5) is 0 Å². The Morgan fingerprint density at radius 3 is 1.86 bits per heavy atom. The lowest BCUT2D eigenvalue weighted by Crippen LogP contribution is -2.34. The Labute approximate surface area is 377 Å². The van der Waals surface area contributed by atoms with Crippen LogP contribution >= 0.6 is 11.3 Å². The number of hydrogen-bond acceptors (Lipinski definition) is 4. The van der Waals surface area contributed by atoms with Gasteiger partial charge in [-0.05, 0) is 94.3 Å². The number of nitrogens with one attached hydrogen (secondary N) is 1. The smallest absolute Gasteiger partial charge is 0.159 e. The van der Waals surface area contributed by atoms with Crippen LogP contribution in [-0.4, -0.2) is 20.8 Å². The maximum atomic E-state index is 5.62. The summed E-state index contributed by atoms with van der Waals surface area (Å²) in [7, 11) is 0. The van der Waals surface area contributed by atoms with Gasteiger partial charge in [0.15, 0.2) is 5.84 Å². The maximum absolute atomic E-state index is 5.62. The molecule has 0 bridgehead atoms. The van der Waals surface area contributed by atoms with E-state index in [1.54, 1.807) is 0 Å². The molecule has 6 heteroatoms. The molecule has 0 saturated heterocycles. The lowest BCUT2D eigenvalue weighted by atomic mass is 10.0. The minimum Gasteiger partial charge on any atom is -0.344 e. The van der Waals surface area contributed by atoms with Gasteiger partial charge in [0, 0.05) is 64.1 Å². The average Bonchev–Trinajstić information content (AvgIpc) is 4.02. The highest BCUT2D eigenvalue weighted by Crippen LogP contribution is 2.42. The monoisotopic (exact) mass is 847 g/mol. The van der Waals surface area contributed by atoms with Gasteiger partial charge in [-0.2, -0.15) is 0 Å². The third kappa shape index (κ3) is 5.57. The number of rotatable bonds is 5. The first kappa shape index (κ1) is 36.2. The average molecular weight is 848 g/mol. The molecule has 65 heavy (non-hydrogen) atoms. The zero-order valence-corrected chi connectivity index (χ0v) is 35.8. The van der Waals surface area contributed by atoms with E-state index in [4.69, 9.17) is 9.98 Å². The van der Waals surface area contributed by atoms with Crippen LogP contribution in [0.2, 0.25) is 0 Å². The number of hydrogen-bond donors (Lipinski definition) is 1. The molecular weight excluding hydrogens is 811 g/mol. The van der Waals surface area contributed by atoms with Gasteiger partial charge < -0.3 is 14.5 Å². The topological polar surface area (TPSA) is 46.6 Å². The minimum absolute atomic E-state index is 0.421. The molecule has 304 valence electrons. The van der Waals surface area contributed by atoms with E-state index in [0.29, 0.717) is 5.84 Å². The third-order valence-electron chi connectivity index (χ3n) is 13.3. The highest BCUT2D eigenvalue weighted by atomic mass is 32.1. The van der Waals surface area contributed by atoms with Crippen molar-refractivity contribution in [3.8, 4) is 11.4 Å². The van der Waals surface area contributed by atoms with E-state index in [9.17, 15) is 0 Å². The second kappa shape index (κ2) is 14.1. The van der Waals surface area contributed by atoms with Gasteiger partial charge in [-0.3, -0.25) is 0 Å². The van der Waals surface area contributed by atoms with Gasteiger partial charge in [-0.25, -0.2) is 9.98 Å². The van der Waals surface area contributed by atoms with Crippen LogP contribution in [0, 0.1) is 0 Å². The maximum Gasteiger partial charge on any atom is 0.159 e. The van der Waals surface area contributed by atoms with Crippen molar-refractivity contribution in [3.05, 3.63) is 229 Å². The summed E-state index contributed by atoms with van der Waals surface area (Å²) in [6.07, 6.45) is -0.421. The van der Waals surface area contributed by atoms with E-state index in [1.165, 1.54) is 52.5 Å². The van der Waals surface area contributed by atoms with Crippen LogP contribution in [0.1, 0.15) is 22.9 Å². The summed E-state index contributed by atoms with van der Waals surface area (Å²) in [5.74, 6) is 1.46. The Kier molecular flexibility index (Phi) is 7.85. The van der Waals surface area contributed by atoms with Crippen LogP contribution < -0.4 is 5.32 Å². The molecule has 0 fully saturated rings. The lowest BCUT2D eigenvalue weighted by Gasteiger charge is -2.26. The van der Waals surface area contributed by atoms with E-state index < -0.39 is 6.17 Å². The van der Waals surface area contributed by atoms with Crippen LogP contribution in [0.15, 0.2) is 222 Å². The summed E-state index contributed by atoms with van der Waals surface area (Å²) in [5, 5.41) is 15.9. The third-order valence-corrected chi connectivity index (χ3v) is 14.5. The first-order valence-corrected chi connectivity index (χ1v) is 22.9. The molecule has 13 aromatic rings. The van der Waals surface area contributed by atoms with Gasteiger partial charge in [-0.15, -0.1) is 11.3 Å². The number of nitrogens with zero attached hydrogens (tertiary/aromatic N) is 4. The van der Waals surface area contributed by atoms with Crippen molar-refractivity contribution in [1.29, 1.82) is 0 Å². The zero-order chi connectivity index (χ0) is 42.6. The molecule has 5 nitrogen and oxygen atoms in total. The fraction of sp³-hybridized carbons (Fsp3) is 0.0169. The van der Waals surface area contributed by atoms with Gasteiger partial charge in [-0.1, -0.05) is 140 Å². The molecule has 1 atom stereocenters. The Hall–Kier alpha value is -8.32. The Balaban J connectivity index is 1.05. The van der Waals surface area contributed by atoms with E-state index in [2.05, 4.69) is 227 Å². The number of benzene rings is 10. The van der Waals surface area contributed by atoms with Crippen LogP contribution in [0.25, 0.3) is 96.7 Å². The van der Waals surface area contributed by atoms with E-state index in [-0.39, 0.29) is 0 Å². The predicted molar refractivity (Wildman–Crippen MR) is 275 cm³/mol. The summed E-state index contributed by atoms with van der Waals surface area (Å²) >= 11 is 1.84. The molecular formula is C59H37N5S. The number of amidine groups is 2. The van der Waals surface area contributed by atoms with Crippen molar-refractivity contribution >= 4 is 108 Å². The highest BCUT2D eigenvalue weighted by Gasteiger charge is 2.27. The molecule has 4 heterocycles. The van der Waals surface area contributed by atoms with Gasteiger partial charge in [0.25, 0.3) is 0 Å². The zero-order valence-electron chi connectivity index (χ0n) is 35.0. The van der Waals surface area contributed by atoms with E-state index in [1.807, 2.05) is 11.3 Å². The molecule has 10 aromatic carbocycles. The van der Waals surface area contributed by atoms with Crippen molar-refractivity contribution in [2.24, 2.45) is 9.98 Å². The van der Waals surface area contributed by atoms with Gasteiger partial charge >= 0.3 is 0 Å². The fourth-order valence-corrected chi connectivity index (χ4v) is 11.5. The van der Waals surface area contributed by atoms with Crippen molar-refractivity contribution in [2.75, 3.05) is 0 Å². The molecule has 1 unspecified atom stereocenters. The molecule has 1 N–H and O–H groups in total. The number of para-hydroxylation sites is 3. The van der Waals surface area contributed by atoms with Gasteiger partial charge in [0.05, 0.1) is 27.8 Å². The second-order valence-electron chi connectivity index (χ2n) is 17.0. The number of aliphatic imine (C=N–C) groups is 2. The second-order valence-corrected chi connectivity index (χ2v) is 18.1. The predicted octanol–water partition coefficient (Wildman–Crippen LogP) is 15.1. The van der Waals surface area contributed by atoms with Crippen molar-refractivity contribution in [1.82, 2.24) is 14.5 Å². The molecule has 3 aromatic heterocycles. The summed E-state index contributed by atoms with van der Waals surface area (Å²) in [4.78, 5) is 11.2. The molecule has 1 aliphatic heterocycles. The Morgan fingerprint density at radius 1 is 0.415 bits per heavy atom. The molecule has 0 saturated carbocycles. The number of aromatic nitrogens is 2. The van der Waals surface area contributed by atoms with Crippen LogP contribution in [-0.2, 0) is 0 Å². The van der Waals surface area contributed by atoms with Crippen molar-refractivity contribution in [3.63, 3.8) is 0 Å². The molecule has 14 rings (SSSR count). The highest BCUT2D eigenvalue weighted by molar-refractivity contribution is 7.25. The summed E-state index contributed by atoms with van der Waals surface area (Å²) < 4.78 is 7.31. The summed E-state index contributed by atoms with van der Waals surface area (Å²) in [6.45, 7) is 0. The van der Waals surface area contributed by atoms with E-state index in [0.717, 1.165) is 66.7 Å². The van der Waals surface area contributed by atoms with Gasteiger partial charge in [0.2, 0.25) is 0 Å². The summed E-state index contributed by atoms with van der Waals surface area (Å²) in [6, 6.07) is 76.8. The largest absolute Gasteiger partial charge is 0.344 e. The molecule has 0 aliphatic carbocycles. The van der Waals surface area contributed by atoms with Crippen LogP contribution in [0.5, 0.6) is 0 Å². The number of thiophene rings is 1. The fourth-order valence-electron chi connectivity index (χ4n) is 10.4.